The molecule has 7 heteroatoms. The van der Waals surface area contributed by atoms with Crippen molar-refractivity contribution in [1.29, 1.82) is 0 Å². The Kier molecular flexibility index (Phi) is 5.02. The van der Waals surface area contributed by atoms with Crippen LogP contribution in [0.25, 0.3) is 5.69 Å². The Bertz CT molecular complexity index is 732. The van der Waals surface area contributed by atoms with Crippen LogP contribution in [-0.4, -0.2) is 38.5 Å². The summed E-state index contributed by atoms with van der Waals surface area (Å²) in [5, 5.41) is 11.1. The molecule has 0 aliphatic carbocycles. The summed E-state index contributed by atoms with van der Waals surface area (Å²) in [6.07, 6.45) is -0.919. The molecule has 7 nitrogen and oxygen atoms in total. The van der Waals surface area contributed by atoms with Gasteiger partial charge >= 0.3 is 5.97 Å². The number of rotatable bonds is 4. The monoisotopic (exact) mass is 330 g/mol. The number of benzene rings is 1. The standard InChI is InChI=1S/C17H22N4O3/c1-11-14(20-21(19-11)13-9-7-6-8-10-13)16(23)24-12(2)15(22)18-17(3,4)5/h6-10,12H,1-5H3,(H,18,22)/t12-/m0/s1. The molecule has 0 radical (unpaired) electrons. The number of carbonyl (C=O) groups is 2. The molecule has 2 rings (SSSR count). The van der Waals surface area contributed by atoms with Crippen LogP contribution in [0.3, 0.4) is 0 Å². The van der Waals surface area contributed by atoms with Gasteiger partial charge in [-0.1, -0.05) is 18.2 Å². The SMILES string of the molecule is Cc1nn(-c2ccccc2)nc1C(=O)O[C@@H](C)C(=O)NC(C)(C)C. The molecule has 0 aliphatic rings. The maximum absolute atomic E-state index is 12.3. The van der Waals surface area contributed by atoms with E-state index in [0.29, 0.717) is 5.69 Å². The van der Waals surface area contributed by atoms with Crippen LogP contribution in [0.15, 0.2) is 30.3 Å². The molecule has 0 spiro atoms. The van der Waals surface area contributed by atoms with Crippen LogP contribution in [0.1, 0.15) is 43.9 Å². The van der Waals surface area contributed by atoms with E-state index in [0.717, 1.165) is 5.69 Å². The van der Waals surface area contributed by atoms with E-state index >= 15 is 0 Å². The molecule has 1 heterocycles. The molecule has 24 heavy (non-hydrogen) atoms. The van der Waals surface area contributed by atoms with E-state index < -0.39 is 17.6 Å². The van der Waals surface area contributed by atoms with Crippen molar-refractivity contribution in [2.45, 2.75) is 46.3 Å². The Hall–Kier alpha value is -2.70. The summed E-state index contributed by atoms with van der Waals surface area (Å²) in [5.74, 6) is -1.03. The Balaban J connectivity index is 2.10. The fourth-order valence-corrected chi connectivity index (χ4v) is 1.99. The zero-order valence-corrected chi connectivity index (χ0v) is 14.5. The lowest BCUT2D eigenvalue weighted by molar-refractivity contribution is -0.130. The van der Waals surface area contributed by atoms with Crippen LogP contribution < -0.4 is 5.32 Å². The number of para-hydroxylation sites is 1. The highest BCUT2D eigenvalue weighted by Crippen LogP contribution is 2.10. The highest BCUT2D eigenvalue weighted by Gasteiger charge is 2.25. The third-order valence-corrected chi connectivity index (χ3v) is 3.11. The van der Waals surface area contributed by atoms with Gasteiger partial charge in [-0.3, -0.25) is 4.79 Å². The van der Waals surface area contributed by atoms with Crippen molar-refractivity contribution >= 4 is 11.9 Å². The number of aryl methyl sites for hydroxylation is 1. The number of carbonyl (C=O) groups excluding carboxylic acids is 2. The summed E-state index contributed by atoms with van der Waals surface area (Å²) in [6, 6.07) is 9.24. The number of hydrogen-bond donors (Lipinski definition) is 1. The minimum atomic E-state index is -0.919. The number of esters is 1. The lowest BCUT2D eigenvalue weighted by Gasteiger charge is -2.23. The van der Waals surface area contributed by atoms with Gasteiger partial charge in [-0.15, -0.1) is 5.10 Å². The molecule has 1 amide bonds. The summed E-state index contributed by atoms with van der Waals surface area (Å²) in [5.41, 5.74) is 0.865. The van der Waals surface area contributed by atoms with Crippen molar-refractivity contribution in [3.05, 3.63) is 41.7 Å². The molecule has 1 N–H and O–H groups in total. The predicted octanol–water partition coefficient (Wildman–Crippen LogP) is 2.04. The predicted molar refractivity (Wildman–Crippen MR) is 88.9 cm³/mol. The zero-order valence-electron chi connectivity index (χ0n) is 14.5. The molecule has 128 valence electrons. The smallest absolute Gasteiger partial charge is 0.361 e. The lowest BCUT2D eigenvalue weighted by atomic mass is 10.1. The van der Waals surface area contributed by atoms with Crippen molar-refractivity contribution in [3.8, 4) is 5.69 Å². The molecule has 0 bridgehead atoms. The zero-order chi connectivity index (χ0) is 17.9. The summed E-state index contributed by atoms with van der Waals surface area (Å²) in [7, 11) is 0. The van der Waals surface area contributed by atoms with Crippen LogP contribution >= 0.6 is 0 Å². The van der Waals surface area contributed by atoms with E-state index in [9.17, 15) is 9.59 Å². The average Bonchev–Trinajstić information content (AvgIpc) is 2.88. The Morgan fingerprint density at radius 2 is 1.79 bits per heavy atom. The molecule has 1 atom stereocenters. The van der Waals surface area contributed by atoms with Crippen LogP contribution in [0.5, 0.6) is 0 Å². The molecule has 0 saturated heterocycles. The average molecular weight is 330 g/mol. The number of nitrogens with one attached hydrogen (secondary N) is 1. The Labute approximate surface area is 141 Å². The van der Waals surface area contributed by atoms with Gasteiger partial charge in [0.15, 0.2) is 11.8 Å². The van der Waals surface area contributed by atoms with E-state index in [1.54, 1.807) is 6.92 Å². The number of aromatic nitrogens is 3. The van der Waals surface area contributed by atoms with Crippen LogP contribution in [0.4, 0.5) is 0 Å². The highest BCUT2D eigenvalue weighted by molar-refractivity contribution is 5.91. The van der Waals surface area contributed by atoms with Gasteiger partial charge in [-0.2, -0.15) is 9.90 Å². The molecular weight excluding hydrogens is 308 g/mol. The van der Waals surface area contributed by atoms with Gasteiger partial charge in [-0.05, 0) is 46.8 Å². The molecular formula is C17H22N4O3. The fraction of sp³-hybridized carbons (Fsp3) is 0.412. The second-order valence-electron chi connectivity index (χ2n) is 6.55. The molecule has 0 aliphatic heterocycles. The quantitative estimate of drug-likeness (QED) is 0.867. The number of ether oxygens (including phenoxy) is 1. The minimum Gasteiger partial charge on any atom is -0.448 e. The van der Waals surface area contributed by atoms with Gasteiger partial charge in [-0.25, -0.2) is 4.79 Å². The first-order valence-corrected chi connectivity index (χ1v) is 7.70. The first kappa shape index (κ1) is 17.7. The van der Waals surface area contributed by atoms with E-state index in [4.69, 9.17) is 4.74 Å². The number of amides is 1. The van der Waals surface area contributed by atoms with Crippen molar-refractivity contribution in [1.82, 2.24) is 20.3 Å². The van der Waals surface area contributed by atoms with Crippen molar-refractivity contribution in [2.75, 3.05) is 0 Å². The van der Waals surface area contributed by atoms with Gasteiger partial charge in [0.1, 0.15) is 0 Å². The van der Waals surface area contributed by atoms with Crippen LogP contribution in [-0.2, 0) is 9.53 Å². The second kappa shape index (κ2) is 6.82. The maximum atomic E-state index is 12.3. The third kappa shape index (κ3) is 4.41. The summed E-state index contributed by atoms with van der Waals surface area (Å²) >= 11 is 0. The largest absolute Gasteiger partial charge is 0.448 e. The van der Waals surface area contributed by atoms with E-state index in [1.807, 2.05) is 51.1 Å². The second-order valence-corrected chi connectivity index (χ2v) is 6.55. The number of nitrogens with zero attached hydrogens (tertiary/aromatic N) is 3. The highest BCUT2D eigenvalue weighted by atomic mass is 16.5. The van der Waals surface area contributed by atoms with Crippen LogP contribution in [0, 0.1) is 6.92 Å². The molecule has 0 saturated carbocycles. The topological polar surface area (TPSA) is 86.1 Å². The van der Waals surface area contributed by atoms with Gasteiger partial charge < -0.3 is 10.1 Å². The summed E-state index contributed by atoms with van der Waals surface area (Å²) in [4.78, 5) is 25.6. The van der Waals surface area contributed by atoms with Crippen LogP contribution in [0.2, 0.25) is 0 Å². The molecule has 0 fully saturated rings. The van der Waals surface area contributed by atoms with Gasteiger partial charge in [0, 0.05) is 5.54 Å². The van der Waals surface area contributed by atoms with E-state index in [2.05, 4.69) is 15.5 Å². The Morgan fingerprint density at radius 1 is 1.17 bits per heavy atom. The molecule has 0 unspecified atom stereocenters. The van der Waals surface area contributed by atoms with Crippen molar-refractivity contribution in [2.24, 2.45) is 0 Å². The maximum Gasteiger partial charge on any atom is 0.361 e. The van der Waals surface area contributed by atoms with Gasteiger partial charge in [0.2, 0.25) is 0 Å². The van der Waals surface area contributed by atoms with E-state index in [1.165, 1.54) is 11.7 Å². The normalized spacial score (nSPS) is 12.5. The number of hydrogen-bond acceptors (Lipinski definition) is 5. The van der Waals surface area contributed by atoms with Crippen molar-refractivity contribution < 1.29 is 14.3 Å². The van der Waals surface area contributed by atoms with Crippen molar-refractivity contribution in [3.63, 3.8) is 0 Å². The third-order valence-electron chi connectivity index (χ3n) is 3.11. The molecule has 1 aromatic heterocycles. The lowest BCUT2D eigenvalue weighted by Crippen LogP contribution is -2.46. The summed E-state index contributed by atoms with van der Waals surface area (Å²) < 4.78 is 5.21. The first-order chi connectivity index (χ1) is 11.2. The van der Waals surface area contributed by atoms with E-state index in [-0.39, 0.29) is 11.6 Å². The summed E-state index contributed by atoms with van der Waals surface area (Å²) in [6.45, 7) is 8.76. The minimum absolute atomic E-state index is 0.0919. The Morgan fingerprint density at radius 3 is 2.38 bits per heavy atom. The first-order valence-electron chi connectivity index (χ1n) is 7.70. The molecule has 2 aromatic rings. The van der Waals surface area contributed by atoms with Gasteiger partial charge in [0.05, 0.1) is 11.4 Å². The van der Waals surface area contributed by atoms with Gasteiger partial charge in [0.25, 0.3) is 5.91 Å². The fourth-order valence-electron chi connectivity index (χ4n) is 1.99. The molecule has 1 aromatic carbocycles.